The fraction of sp³-hybridized carbons (Fsp3) is 0.533. The van der Waals surface area contributed by atoms with Crippen LogP contribution in [0.4, 0.5) is 0 Å². The van der Waals surface area contributed by atoms with Crippen LogP contribution >= 0.6 is 11.3 Å². The number of carbonyl (C=O) groups is 2. The first-order valence-electron chi connectivity index (χ1n) is 7.89. The number of thiazole rings is 1. The molecule has 8 nitrogen and oxygen atoms in total. The fourth-order valence-corrected chi connectivity index (χ4v) is 4.01. The van der Waals surface area contributed by atoms with E-state index in [0.717, 1.165) is 23.5 Å². The second-order valence-corrected chi connectivity index (χ2v) is 6.96. The van der Waals surface area contributed by atoms with Gasteiger partial charge in [-0.05, 0) is 19.8 Å². The minimum absolute atomic E-state index is 0.179. The second kappa shape index (κ2) is 7.08. The van der Waals surface area contributed by atoms with Crippen molar-refractivity contribution in [2.24, 2.45) is 0 Å². The van der Waals surface area contributed by atoms with Crippen molar-refractivity contribution in [1.82, 2.24) is 25.3 Å². The summed E-state index contributed by atoms with van der Waals surface area (Å²) >= 11 is 1.47. The molecule has 1 amide bonds. The highest BCUT2D eigenvalue weighted by Crippen LogP contribution is 2.37. The Morgan fingerprint density at radius 1 is 1.42 bits per heavy atom. The predicted octanol–water partition coefficient (Wildman–Crippen LogP) is 1.72. The van der Waals surface area contributed by atoms with Crippen molar-refractivity contribution in [1.29, 1.82) is 0 Å². The lowest BCUT2D eigenvalue weighted by Gasteiger charge is -2.02. The molecule has 0 aromatic carbocycles. The van der Waals surface area contributed by atoms with Crippen LogP contribution in [0.3, 0.4) is 0 Å². The van der Waals surface area contributed by atoms with E-state index in [2.05, 4.69) is 20.6 Å². The van der Waals surface area contributed by atoms with Crippen molar-refractivity contribution in [3.63, 3.8) is 0 Å². The molecule has 0 spiro atoms. The summed E-state index contributed by atoms with van der Waals surface area (Å²) in [6, 6.07) is 0. The molecule has 0 atom stereocenters. The molecule has 0 saturated heterocycles. The summed E-state index contributed by atoms with van der Waals surface area (Å²) in [6.07, 6.45) is 6.28. The largest absolute Gasteiger partial charge is 0.480 e. The molecule has 3 rings (SSSR count). The Kier molecular flexibility index (Phi) is 4.89. The number of carboxylic acid groups (broad SMARTS) is 1. The van der Waals surface area contributed by atoms with E-state index in [9.17, 15) is 9.59 Å². The van der Waals surface area contributed by atoms with Gasteiger partial charge in [0.05, 0.1) is 23.4 Å². The van der Waals surface area contributed by atoms with Gasteiger partial charge in [-0.1, -0.05) is 18.1 Å². The topological polar surface area (TPSA) is 110 Å². The molecule has 1 fully saturated rings. The van der Waals surface area contributed by atoms with Crippen LogP contribution in [-0.4, -0.2) is 37.0 Å². The highest BCUT2D eigenvalue weighted by atomic mass is 32.1. The molecule has 0 unspecified atom stereocenters. The number of nitrogens with one attached hydrogen (secondary N) is 1. The third-order valence-electron chi connectivity index (χ3n) is 4.04. The maximum absolute atomic E-state index is 12.4. The summed E-state index contributed by atoms with van der Waals surface area (Å²) in [6.45, 7) is 1.81. The molecule has 0 aliphatic heterocycles. The van der Waals surface area contributed by atoms with Crippen molar-refractivity contribution < 1.29 is 14.7 Å². The van der Waals surface area contributed by atoms with Gasteiger partial charge in [-0.2, -0.15) is 0 Å². The summed E-state index contributed by atoms with van der Waals surface area (Å²) < 4.78 is 1.22. The molecular weight excluding hydrogens is 330 g/mol. The van der Waals surface area contributed by atoms with E-state index in [1.807, 2.05) is 6.92 Å². The molecule has 1 aliphatic carbocycles. The minimum atomic E-state index is -0.991. The quantitative estimate of drug-likeness (QED) is 0.821. The lowest BCUT2D eigenvalue weighted by atomic mass is 10.1. The Labute approximate surface area is 142 Å². The van der Waals surface area contributed by atoms with E-state index in [4.69, 9.17) is 5.11 Å². The van der Waals surface area contributed by atoms with Gasteiger partial charge in [-0.25, -0.2) is 9.67 Å². The highest BCUT2D eigenvalue weighted by Gasteiger charge is 2.23. The van der Waals surface area contributed by atoms with Crippen LogP contribution in [0.2, 0.25) is 0 Å². The van der Waals surface area contributed by atoms with Crippen molar-refractivity contribution in [2.45, 2.75) is 51.6 Å². The Bertz CT molecular complexity index is 748. The molecule has 9 heteroatoms. The maximum atomic E-state index is 12.4. The molecule has 0 bridgehead atoms. The second-order valence-electron chi connectivity index (χ2n) is 5.93. The molecule has 24 heavy (non-hydrogen) atoms. The first-order valence-corrected chi connectivity index (χ1v) is 8.71. The van der Waals surface area contributed by atoms with Crippen LogP contribution in [0, 0.1) is 6.92 Å². The Hall–Kier alpha value is -2.29. The van der Waals surface area contributed by atoms with Gasteiger partial charge in [-0.15, -0.1) is 16.4 Å². The van der Waals surface area contributed by atoms with Gasteiger partial charge in [0.15, 0.2) is 0 Å². The van der Waals surface area contributed by atoms with Gasteiger partial charge in [0.2, 0.25) is 0 Å². The molecule has 128 valence electrons. The lowest BCUT2D eigenvalue weighted by Crippen LogP contribution is -2.22. The van der Waals surface area contributed by atoms with Gasteiger partial charge in [0, 0.05) is 5.92 Å². The van der Waals surface area contributed by atoms with Crippen molar-refractivity contribution >= 4 is 23.2 Å². The SMILES string of the molecule is Cc1nc(C2CCCC2)sc1C(=O)NCc1cn(CC(=O)O)nn1. The standard InChI is InChI=1S/C15H19N5O3S/c1-9-13(24-15(17-9)10-4-2-3-5-10)14(23)16-6-11-7-20(19-18-11)8-12(21)22/h7,10H,2-6,8H2,1H3,(H,16,23)(H,21,22). The van der Waals surface area contributed by atoms with Crippen LogP contribution < -0.4 is 5.32 Å². The number of aryl methyl sites for hydroxylation is 1. The number of nitrogens with zero attached hydrogens (tertiary/aromatic N) is 4. The van der Waals surface area contributed by atoms with E-state index >= 15 is 0 Å². The van der Waals surface area contributed by atoms with E-state index in [-0.39, 0.29) is 19.0 Å². The maximum Gasteiger partial charge on any atom is 0.325 e. The first kappa shape index (κ1) is 16.6. The zero-order valence-electron chi connectivity index (χ0n) is 13.4. The predicted molar refractivity (Wildman–Crippen MR) is 86.9 cm³/mol. The van der Waals surface area contributed by atoms with Gasteiger partial charge in [-0.3, -0.25) is 9.59 Å². The summed E-state index contributed by atoms with van der Waals surface area (Å²) in [5.74, 6) is -0.677. The van der Waals surface area contributed by atoms with Crippen LogP contribution in [0.5, 0.6) is 0 Å². The summed E-state index contributed by atoms with van der Waals surface area (Å²) in [5.41, 5.74) is 1.27. The average molecular weight is 349 g/mol. The average Bonchev–Trinajstić information content (AvgIpc) is 3.24. The van der Waals surface area contributed by atoms with E-state index in [0.29, 0.717) is 16.5 Å². The molecule has 2 aromatic rings. The minimum Gasteiger partial charge on any atom is -0.480 e. The molecule has 0 radical (unpaired) electrons. The van der Waals surface area contributed by atoms with Crippen molar-refractivity contribution in [3.05, 3.63) is 27.5 Å². The molecule has 1 aliphatic rings. The van der Waals surface area contributed by atoms with Crippen LogP contribution in [0.15, 0.2) is 6.20 Å². The van der Waals surface area contributed by atoms with Gasteiger partial charge < -0.3 is 10.4 Å². The molecule has 2 heterocycles. The molecule has 1 saturated carbocycles. The number of amides is 1. The van der Waals surface area contributed by atoms with E-state index < -0.39 is 5.97 Å². The number of hydrogen-bond acceptors (Lipinski definition) is 6. The van der Waals surface area contributed by atoms with Crippen LogP contribution in [0.1, 0.15) is 57.7 Å². The third-order valence-corrected chi connectivity index (χ3v) is 5.36. The number of carbonyl (C=O) groups excluding carboxylic acids is 1. The molecule has 2 N–H and O–H groups in total. The van der Waals surface area contributed by atoms with Crippen LogP contribution in [0.25, 0.3) is 0 Å². The number of carboxylic acids is 1. The summed E-state index contributed by atoms with van der Waals surface area (Å²) in [5, 5.41) is 20.1. The number of rotatable bonds is 6. The summed E-state index contributed by atoms with van der Waals surface area (Å²) in [7, 11) is 0. The van der Waals surface area contributed by atoms with E-state index in [1.54, 1.807) is 0 Å². The Morgan fingerprint density at radius 3 is 2.88 bits per heavy atom. The lowest BCUT2D eigenvalue weighted by molar-refractivity contribution is -0.137. The normalized spacial score (nSPS) is 14.9. The third kappa shape index (κ3) is 3.78. The van der Waals surface area contributed by atoms with Crippen LogP contribution in [-0.2, 0) is 17.9 Å². The number of hydrogen-bond donors (Lipinski definition) is 2. The first-order chi connectivity index (χ1) is 11.5. The molecule has 2 aromatic heterocycles. The Balaban J connectivity index is 1.60. The Morgan fingerprint density at radius 2 is 2.17 bits per heavy atom. The van der Waals surface area contributed by atoms with Crippen molar-refractivity contribution in [2.75, 3.05) is 0 Å². The monoisotopic (exact) mass is 349 g/mol. The highest BCUT2D eigenvalue weighted by molar-refractivity contribution is 7.13. The summed E-state index contributed by atoms with van der Waals surface area (Å²) in [4.78, 5) is 28.2. The number of aromatic nitrogens is 4. The van der Waals surface area contributed by atoms with Gasteiger partial charge in [0.25, 0.3) is 5.91 Å². The number of aliphatic carboxylic acids is 1. The van der Waals surface area contributed by atoms with Gasteiger partial charge in [0.1, 0.15) is 17.1 Å². The zero-order chi connectivity index (χ0) is 17.1. The van der Waals surface area contributed by atoms with Crippen molar-refractivity contribution in [3.8, 4) is 0 Å². The smallest absolute Gasteiger partial charge is 0.325 e. The fourth-order valence-electron chi connectivity index (χ4n) is 2.86. The van der Waals surface area contributed by atoms with E-state index in [1.165, 1.54) is 35.1 Å². The molecular formula is C15H19N5O3S. The van der Waals surface area contributed by atoms with Gasteiger partial charge >= 0.3 is 5.97 Å². The zero-order valence-corrected chi connectivity index (χ0v) is 14.2.